The Balaban J connectivity index is 2.77. The SMILES string of the molecule is CCN(CC)C(=O)C(C)(C)Oc1ccccc1. The van der Waals surface area contributed by atoms with Crippen molar-refractivity contribution in [3.8, 4) is 5.75 Å². The van der Waals surface area contributed by atoms with Gasteiger partial charge in [0, 0.05) is 13.1 Å². The van der Waals surface area contributed by atoms with Gasteiger partial charge in [-0.05, 0) is 39.8 Å². The molecule has 0 heterocycles. The van der Waals surface area contributed by atoms with Crippen LogP contribution < -0.4 is 4.74 Å². The zero-order chi connectivity index (χ0) is 12.9. The van der Waals surface area contributed by atoms with Crippen molar-refractivity contribution in [1.82, 2.24) is 4.90 Å². The van der Waals surface area contributed by atoms with E-state index < -0.39 is 5.60 Å². The molecule has 0 aliphatic rings. The molecule has 94 valence electrons. The number of benzene rings is 1. The maximum absolute atomic E-state index is 12.2. The van der Waals surface area contributed by atoms with Gasteiger partial charge in [-0.1, -0.05) is 18.2 Å². The topological polar surface area (TPSA) is 29.5 Å². The highest BCUT2D eigenvalue weighted by Gasteiger charge is 2.32. The van der Waals surface area contributed by atoms with Crippen molar-refractivity contribution >= 4 is 5.91 Å². The average Bonchev–Trinajstić information content (AvgIpc) is 2.31. The zero-order valence-corrected chi connectivity index (χ0v) is 11.1. The summed E-state index contributed by atoms with van der Waals surface area (Å²) in [6.07, 6.45) is 0. The molecule has 17 heavy (non-hydrogen) atoms. The number of hydrogen-bond acceptors (Lipinski definition) is 2. The molecule has 0 aliphatic heterocycles. The smallest absolute Gasteiger partial charge is 0.266 e. The lowest BCUT2D eigenvalue weighted by Gasteiger charge is -2.31. The first-order valence-corrected chi connectivity index (χ1v) is 6.04. The van der Waals surface area contributed by atoms with E-state index in [0.29, 0.717) is 13.1 Å². The fraction of sp³-hybridized carbons (Fsp3) is 0.500. The van der Waals surface area contributed by atoms with E-state index >= 15 is 0 Å². The quantitative estimate of drug-likeness (QED) is 0.785. The fourth-order valence-corrected chi connectivity index (χ4v) is 1.72. The predicted octanol–water partition coefficient (Wildman–Crippen LogP) is 2.71. The molecule has 0 unspecified atom stereocenters. The normalized spacial score (nSPS) is 11.1. The van der Waals surface area contributed by atoms with Gasteiger partial charge in [0.15, 0.2) is 5.60 Å². The van der Waals surface area contributed by atoms with Crippen molar-refractivity contribution in [2.24, 2.45) is 0 Å². The molecule has 3 nitrogen and oxygen atoms in total. The second kappa shape index (κ2) is 5.71. The first-order chi connectivity index (χ1) is 8.01. The van der Waals surface area contributed by atoms with Crippen LogP contribution in [0.1, 0.15) is 27.7 Å². The lowest BCUT2D eigenvalue weighted by molar-refractivity contribution is -0.145. The van der Waals surface area contributed by atoms with Gasteiger partial charge in [-0.15, -0.1) is 0 Å². The van der Waals surface area contributed by atoms with Crippen molar-refractivity contribution in [2.45, 2.75) is 33.3 Å². The highest BCUT2D eigenvalue weighted by molar-refractivity contribution is 5.84. The second-order valence-corrected chi connectivity index (χ2v) is 4.40. The first kappa shape index (κ1) is 13.6. The summed E-state index contributed by atoms with van der Waals surface area (Å²) in [6.45, 7) is 8.97. The molecule has 1 amide bonds. The van der Waals surface area contributed by atoms with Gasteiger partial charge < -0.3 is 9.64 Å². The summed E-state index contributed by atoms with van der Waals surface area (Å²) >= 11 is 0. The van der Waals surface area contributed by atoms with Crippen molar-refractivity contribution < 1.29 is 9.53 Å². The number of nitrogens with zero attached hydrogens (tertiary/aromatic N) is 1. The average molecular weight is 235 g/mol. The molecule has 0 spiro atoms. The number of rotatable bonds is 5. The molecule has 0 atom stereocenters. The third-order valence-corrected chi connectivity index (χ3v) is 2.68. The van der Waals surface area contributed by atoms with E-state index in [9.17, 15) is 4.79 Å². The molecule has 3 heteroatoms. The summed E-state index contributed by atoms with van der Waals surface area (Å²) in [7, 11) is 0. The van der Waals surface area contributed by atoms with Gasteiger partial charge in [-0.2, -0.15) is 0 Å². The Morgan fingerprint density at radius 3 is 2.18 bits per heavy atom. The van der Waals surface area contributed by atoms with Gasteiger partial charge in [0.2, 0.25) is 0 Å². The highest BCUT2D eigenvalue weighted by Crippen LogP contribution is 2.19. The summed E-state index contributed by atoms with van der Waals surface area (Å²) < 4.78 is 5.76. The van der Waals surface area contributed by atoms with E-state index in [0.717, 1.165) is 5.75 Å². The molecule has 1 aromatic carbocycles. The number of hydrogen-bond donors (Lipinski definition) is 0. The van der Waals surface area contributed by atoms with Crippen LogP contribution in [-0.2, 0) is 4.79 Å². The Bertz CT molecular complexity index is 356. The third-order valence-electron chi connectivity index (χ3n) is 2.68. The van der Waals surface area contributed by atoms with Crippen LogP contribution in [0, 0.1) is 0 Å². The van der Waals surface area contributed by atoms with Gasteiger partial charge in [0.1, 0.15) is 5.75 Å². The predicted molar refractivity (Wildman–Crippen MR) is 69.1 cm³/mol. The summed E-state index contributed by atoms with van der Waals surface area (Å²) in [6, 6.07) is 9.43. The van der Waals surface area contributed by atoms with E-state index in [-0.39, 0.29) is 5.91 Å². The zero-order valence-electron chi connectivity index (χ0n) is 11.1. The minimum absolute atomic E-state index is 0.0198. The largest absolute Gasteiger partial charge is 0.478 e. The Morgan fingerprint density at radius 1 is 1.18 bits per heavy atom. The van der Waals surface area contributed by atoms with E-state index in [2.05, 4.69) is 0 Å². The number of carbonyl (C=O) groups excluding carboxylic acids is 1. The van der Waals surface area contributed by atoms with Crippen molar-refractivity contribution in [3.63, 3.8) is 0 Å². The van der Waals surface area contributed by atoms with Gasteiger partial charge in [0.05, 0.1) is 0 Å². The first-order valence-electron chi connectivity index (χ1n) is 6.04. The highest BCUT2D eigenvalue weighted by atomic mass is 16.5. The maximum atomic E-state index is 12.2. The number of para-hydroxylation sites is 1. The molecular formula is C14H21NO2. The third kappa shape index (κ3) is 3.48. The van der Waals surface area contributed by atoms with Crippen LogP contribution >= 0.6 is 0 Å². The Labute approximate surface area is 103 Å². The maximum Gasteiger partial charge on any atom is 0.266 e. The van der Waals surface area contributed by atoms with E-state index in [1.165, 1.54) is 0 Å². The van der Waals surface area contributed by atoms with Crippen molar-refractivity contribution in [2.75, 3.05) is 13.1 Å². The van der Waals surface area contributed by atoms with E-state index in [1.807, 2.05) is 44.2 Å². The van der Waals surface area contributed by atoms with Crippen molar-refractivity contribution in [1.29, 1.82) is 0 Å². The summed E-state index contributed by atoms with van der Waals surface area (Å²) in [5.41, 5.74) is -0.826. The van der Waals surface area contributed by atoms with Crippen LogP contribution in [-0.4, -0.2) is 29.5 Å². The molecule has 0 bridgehead atoms. The molecule has 0 aliphatic carbocycles. The summed E-state index contributed by atoms with van der Waals surface area (Å²) in [4.78, 5) is 14.0. The molecule has 1 aromatic rings. The molecule has 0 saturated heterocycles. The van der Waals surface area contributed by atoms with Crippen LogP contribution in [0.15, 0.2) is 30.3 Å². The van der Waals surface area contributed by atoms with Gasteiger partial charge in [-0.3, -0.25) is 4.79 Å². The fourth-order valence-electron chi connectivity index (χ4n) is 1.72. The molecule has 1 rings (SSSR count). The Kier molecular flexibility index (Phi) is 4.55. The van der Waals surface area contributed by atoms with Crippen LogP contribution in [0.5, 0.6) is 5.75 Å². The minimum atomic E-state index is -0.826. The second-order valence-electron chi connectivity index (χ2n) is 4.40. The number of carbonyl (C=O) groups is 1. The molecule has 0 N–H and O–H groups in total. The van der Waals surface area contributed by atoms with Crippen LogP contribution in [0.4, 0.5) is 0 Å². The van der Waals surface area contributed by atoms with E-state index in [1.54, 1.807) is 18.7 Å². The van der Waals surface area contributed by atoms with Crippen molar-refractivity contribution in [3.05, 3.63) is 30.3 Å². The van der Waals surface area contributed by atoms with Gasteiger partial charge in [0.25, 0.3) is 5.91 Å². The Morgan fingerprint density at radius 2 is 1.71 bits per heavy atom. The number of likely N-dealkylation sites (N-methyl/N-ethyl adjacent to an activating group) is 1. The van der Waals surface area contributed by atoms with Gasteiger partial charge in [-0.25, -0.2) is 0 Å². The lowest BCUT2D eigenvalue weighted by atomic mass is 10.1. The van der Waals surface area contributed by atoms with Crippen LogP contribution in [0.25, 0.3) is 0 Å². The lowest BCUT2D eigenvalue weighted by Crippen LogP contribution is -2.48. The number of ether oxygens (including phenoxy) is 1. The summed E-state index contributed by atoms with van der Waals surface area (Å²) in [5.74, 6) is 0.740. The van der Waals surface area contributed by atoms with E-state index in [4.69, 9.17) is 4.74 Å². The Hall–Kier alpha value is -1.51. The number of amides is 1. The summed E-state index contributed by atoms with van der Waals surface area (Å²) in [5, 5.41) is 0. The molecule has 0 aromatic heterocycles. The molecule has 0 fully saturated rings. The standard InChI is InChI=1S/C14H21NO2/c1-5-15(6-2)13(16)14(3,4)17-12-10-8-7-9-11-12/h7-11H,5-6H2,1-4H3. The monoisotopic (exact) mass is 235 g/mol. The van der Waals surface area contributed by atoms with Crippen LogP contribution in [0.3, 0.4) is 0 Å². The molecular weight excluding hydrogens is 214 g/mol. The molecule has 0 radical (unpaired) electrons. The minimum Gasteiger partial charge on any atom is -0.478 e. The molecule has 0 saturated carbocycles. The van der Waals surface area contributed by atoms with Gasteiger partial charge >= 0.3 is 0 Å². The van der Waals surface area contributed by atoms with Crippen LogP contribution in [0.2, 0.25) is 0 Å².